The van der Waals surface area contributed by atoms with Crippen molar-refractivity contribution in [1.82, 2.24) is 0 Å². The Hall–Kier alpha value is -7.16. The number of anilines is 3. The van der Waals surface area contributed by atoms with Gasteiger partial charge in [0.15, 0.2) is 0 Å². The summed E-state index contributed by atoms with van der Waals surface area (Å²) in [5.74, 6) is 0. The second-order valence-electron chi connectivity index (χ2n) is 14.0. The molecule has 11 aromatic rings. The lowest BCUT2D eigenvalue weighted by Gasteiger charge is -2.28. The number of fused-ring (bicyclic) bond motifs is 9. The van der Waals surface area contributed by atoms with Gasteiger partial charge in [-0.3, -0.25) is 0 Å². The van der Waals surface area contributed by atoms with E-state index in [2.05, 4.69) is 199 Å². The van der Waals surface area contributed by atoms with Gasteiger partial charge in [-0.05, 0) is 108 Å². The Labute approximate surface area is 312 Å². The van der Waals surface area contributed by atoms with E-state index in [1.165, 1.54) is 65.3 Å². The van der Waals surface area contributed by atoms with Crippen molar-refractivity contribution in [2.75, 3.05) is 4.90 Å². The van der Waals surface area contributed by atoms with Crippen molar-refractivity contribution in [2.45, 2.75) is 0 Å². The molecule has 1 heterocycles. The summed E-state index contributed by atoms with van der Waals surface area (Å²) in [6.45, 7) is 0. The van der Waals surface area contributed by atoms with Crippen LogP contribution in [0.4, 0.5) is 17.1 Å². The normalized spacial score (nSPS) is 11.7. The van der Waals surface area contributed by atoms with Crippen LogP contribution < -0.4 is 4.90 Å². The summed E-state index contributed by atoms with van der Waals surface area (Å²) >= 11 is 0. The summed E-state index contributed by atoms with van der Waals surface area (Å²) in [6.07, 6.45) is 0. The number of nitrogens with zero attached hydrogens (tertiary/aromatic N) is 1. The molecule has 11 rings (SSSR count). The molecule has 2 nitrogen and oxygen atoms in total. The van der Waals surface area contributed by atoms with E-state index in [1.54, 1.807) is 0 Å². The molecular formula is C52H33NO. The first kappa shape index (κ1) is 30.5. The minimum Gasteiger partial charge on any atom is -0.456 e. The highest BCUT2D eigenvalue weighted by molar-refractivity contribution is 6.23. The molecule has 0 saturated carbocycles. The summed E-state index contributed by atoms with van der Waals surface area (Å²) in [6, 6.07) is 72.4. The van der Waals surface area contributed by atoms with Crippen LogP contribution >= 0.6 is 0 Å². The third-order valence-electron chi connectivity index (χ3n) is 11.0. The van der Waals surface area contributed by atoms with Crippen LogP contribution in [-0.4, -0.2) is 0 Å². The van der Waals surface area contributed by atoms with Gasteiger partial charge in [0.2, 0.25) is 0 Å². The number of rotatable bonds is 5. The maximum Gasteiger partial charge on any atom is 0.137 e. The summed E-state index contributed by atoms with van der Waals surface area (Å²) in [5.41, 5.74) is 9.85. The molecule has 0 saturated heterocycles. The molecule has 252 valence electrons. The van der Waals surface area contributed by atoms with Crippen LogP contribution in [-0.2, 0) is 0 Å². The van der Waals surface area contributed by atoms with Crippen molar-refractivity contribution >= 4 is 82.1 Å². The molecular weight excluding hydrogens is 655 g/mol. The van der Waals surface area contributed by atoms with E-state index in [-0.39, 0.29) is 0 Å². The fraction of sp³-hybridized carbons (Fsp3) is 0. The molecule has 54 heavy (non-hydrogen) atoms. The van der Waals surface area contributed by atoms with Crippen molar-refractivity contribution in [3.8, 4) is 22.3 Å². The standard InChI is InChI=1S/C52H33NO/c1-3-15-35(16-4-1)50-44-21-10-9-20-42(44)43-31-29-39(33-46(43)51(50)36-17-5-2-6-18-36)53(47-23-13-25-49-52(47)45-22-11-12-24-48(45)54-49)38-28-30-41-37(32-38)27-26-34-14-7-8-19-40(34)41/h1-33H. The third-order valence-corrected chi connectivity index (χ3v) is 11.0. The maximum atomic E-state index is 6.47. The Morgan fingerprint density at radius 1 is 0.315 bits per heavy atom. The van der Waals surface area contributed by atoms with Crippen LogP contribution in [0.15, 0.2) is 205 Å². The average molecular weight is 688 g/mol. The molecule has 0 spiro atoms. The lowest BCUT2D eigenvalue weighted by molar-refractivity contribution is 0.669. The van der Waals surface area contributed by atoms with Crippen LogP contribution in [0, 0.1) is 0 Å². The first-order valence-electron chi connectivity index (χ1n) is 18.5. The Bertz CT molecular complexity index is 3210. The Kier molecular flexibility index (Phi) is 6.90. The first-order valence-corrected chi connectivity index (χ1v) is 18.5. The van der Waals surface area contributed by atoms with Crippen molar-refractivity contribution in [1.29, 1.82) is 0 Å². The Balaban J connectivity index is 1.25. The number of para-hydroxylation sites is 1. The highest BCUT2D eigenvalue weighted by atomic mass is 16.3. The highest BCUT2D eigenvalue weighted by Crippen LogP contribution is 2.48. The molecule has 0 atom stereocenters. The van der Waals surface area contributed by atoms with Crippen LogP contribution in [0.25, 0.3) is 87.3 Å². The van der Waals surface area contributed by atoms with E-state index in [1.807, 2.05) is 6.07 Å². The van der Waals surface area contributed by atoms with Gasteiger partial charge in [-0.15, -0.1) is 0 Å². The van der Waals surface area contributed by atoms with Gasteiger partial charge >= 0.3 is 0 Å². The van der Waals surface area contributed by atoms with E-state index in [9.17, 15) is 0 Å². The van der Waals surface area contributed by atoms with Crippen LogP contribution in [0.5, 0.6) is 0 Å². The van der Waals surface area contributed by atoms with E-state index in [0.717, 1.165) is 39.0 Å². The number of benzene rings is 10. The summed E-state index contributed by atoms with van der Waals surface area (Å²) in [7, 11) is 0. The van der Waals surface area contributed by atoms with E-state index >= 15 is 0 Å². The lowest BCUT2D eigenvalue weighted by atomic mass is 9.85. The fourth-order valence-electron chi connectivity index (χ4n) is 8.64. The fourth-order valence-corrected chi connectivity index (χ4v) is 8.64. The summed E-state index contributed by atoms with van der Waals surface area (Å²) < 4.78 is 6.47. The minimum atomic E-state index is 0.869. The molecule has 0 N–H and O–H groups in total. The topological polar surface area (TPSA) is 16.4 Å². The molecule has 10 aromatic carbocycles. The van der Waals surface area contributed by atoms with E-state index in [4.69, 9.17) is 4.42 Å². The second-order valence-corrected chi connectivity index (χ2v) is 14.0. The SMILES string of the molecule is c1ccc(-c2c(-c3ccccc3)c3cc(N(c4ccc5c(ccc6ccccc65)c4)c4cccc5oc6ccccc6c45)ccc3c3ccccc23)cc1. The monoisotopic (exact) mass is 687 g/mol. The largest absolute Gasteiger partial charge is 0.456 e. The maximum absolute atomic E-state index is 6.47. The van der Waals surface area contributed by atoms with Crippen molar-refractivity contribution in [3.05, 3.63) is 200 Å². The van der Waals surface area contributed by atoms with E-state index in [0.29, 0.717) is 0 Å². The predicted molar refractivity (Wildman–Crippen MR) is 229 cm³/mol. The highest BCUT2D eigenvalue weighted by Gasteiger charge is 2.23. The Morgan fingerprint density at radius 3 is 1.63 bits per heavy atom. The lowest BCUT2D eigenvalue weighted by Crippen LogP contribution is -2.10. The molecule has 0 aliphatic rings. The zero-order valence-corrected chi connectivity index (χ0v) is 29.4. The zero-order valence-electron chi connectivity index (χ0n) is 29.4. The molecule has 0 aliphatic carbocycles. The third kappa shape index (κ3) is 4.74. The van der Waals surface area contributed by atoms with Gasteiger partial charge in [-0.25, -0.2) is 0 Å². The molecule has 0 fully saturated rings. The molecule has 0 bridgehead atoms. The second kappa shape index (κ2) is 12.2. The first-order chi connectivity index (χ1) is 26.8. The van der Waals surface area contributed by atoms with Gasteiger partial charge in [0, 0.05) is 16.8 Å². The van der Waals surface area contributed by atoms with Crippen LogP contribution in [0.1, 0.15) is 0 Å². The van der Waals surface area contributed by atoms with Gasteiger partial charge in [0.25, 0.3) is 0 Å². The smallest absolute Gasteiger partial charge is 0.137 e. The minimum absolute atomic E-state index is 0.869. The van der Waals surface area contributed by atoms with E-state index < -0.39 is 0 Å². The molecule has 0 unspecified atom stereocenters. The van der Waals surface area contributed by atoms with Crippen molar-refractivity contribution in [3.63, 3.8) is 0 Å². The number of furan rings is 1. The molecule has 0 amide bonds. The summed E-state index contributed by atoms with van der Waals surface area (Å²) in [4.78, 5) is 2.42. The van der Waals surface area contributed by atoms with Crippen LogP contribution in [0.2, 0.25) is 0 Å². The van der Waals surface area contributed by atoms with Gasteiger partial charge in [-0.1, -0.05) is 158 Å². The summed E-state index contributed by atoms with van der Waals surface area (Å²) in [5, 5.41) is 12.1. The van der Waals surface area contributed by atoms with Gasteiger partial charge in [0.05, 0.1) is 11.1 Å². The Morgan fingerprint density at radius 2 is 0.852 bits per heavy atom. The number of hydrogen-bond acceptors (Lipinski definition) is 2. The van der Waals surface area contributed by atoms with Crippen LogP contribution in [0.3, 0.4) is 0 Å². The molecule has 0 aliphatic heterocycles. The van der Waals surface area contributed by atoms with Gasteiger partial charge in [-0.2, -0.15) is 0 Å². The van der Waals surface area contributed by atoms with Crippen molar-refractivity contribution < 1.29 is 4.42 Å². The quantitative estimate of drug-likeness (QED) is 0.168. The number of hydrogen-bond donors (Lipinski definition) is 0. The van der Waals surface area contributed by atoms with Gasteiger partial charge < -0.3 is 9.32 Å². The average Bonchev–Trinajstić information content (AvgIpc) is 3.63. The molecule has 2 heteroatoms. The zero-order chi connectivity index (χ0) is 35.6. The van der Waals surface area contributed by atoms with Crippen molar-refractivity contribution in [2.24, 2.45) is 0 Å². The van der Waals surface area contributed by atoms with Gasteiger partial charge in [0.1, 0.15) is 11.2 Å². The predicted octanol–water partition coefficient (Wildman–Crippen LogP) is 15.0. The molecule has 0 radical (unpaired) electrons. The molecule has 1 aromatic heterocycles.